The van der Waals surface area contributed by atoms with Gasteiger partial charge in [0.1, 0.15) is 6.04 Å². The lowest BCUT2D eigenvalue weighted by molar-refractivity contribution is 0.0488. The summed E-state index contributed by atoms with van der Waals surface area (Å²) in [5.74, 6) is 0.952. The number of hydrogen-bond donors (Lipinski definition) is 0. The number of aryl methyl sites for hydroxylation is 1. The third-order valence-electron chi connectivity index (χ3n) is 3.61. The van der Waals surface area contributed by atoms with Gasteiger partial charge in [-0.3, -0.25) is 9.69 Å². The first-order chi connectivity index (χ1) is 10.1. The summed E-state index contributed by atoms with van der Waals surface area (Å²) in [6, 6.07) is 1.46. The second kappa shape index (κ2) is 5.50. The van der Waals surface area contributed by atoms with Gasteiger partial charge in [-0.2, -0.15) is 4.98 Å². The molecule has 2 aromatic rings. The number of rotatable bonds is 2. The minimum Gasteiger partial charge on any atom is -0.452 e. The second-order valence-corrected chi connectivity index (χ2v) is 5.38. The van der Waals surface area contributed by atoms with Crippen molar-refractivity contribution < 1.29 is 13.7 Å². The number of carbonyl (C=O) groups excluding carboxylic acids is 1. The van der Waals surface area contributed by atoms with Gasteiger partial charge in [0.25, 0.3) is 5.91 Å². The molecule has 0 aromatic carbocycles. The van der Waals surface area contributed by atoms with E-state index in [0.29, 0.717) is 36.9 Å². The minimum atomic E-state index is -0.150. The zero-order chi connectivity index (χ0) is 15.0. The van der Waals surface area contributed by atoms with E-state index in [4.69, 9.17) is 20.5 Å². The van der Waals surface area contributed by atoms with E-state index in [1.807, 2.05) is 7.05 Å². The summed E-state index contributed by atoms with van der Waals surface area (Å²) in [4.78, 5) is 20.5. The normalized spacial score (nSPS) is 20.0. The van der Waals surface area contributed by atoms with E-state index in [9.17, 15) is 4.79 Å². The van der Waals surface area contributed by atoms with Crippen molar-refractivity contribution in [3.63, 3.8) is 0 Å². The lowest BCUT2D eigenvalue weighted by atomic mass is 10.1. The molecule has 3 rings (SSSR count). The highest BCUT2D eigenvalue weighted by atomic mass is 35.5. The van der Waals surface area contributed by atoms with Crippen LogP contribution < -0.4 is 0 Å². The number of nitrogens with zero attached hydrogens (tertiary/aromatic N) is 4. The molecule has 2 aromatic heterocycles. The summed E-state index contributed by atoms with van der Waals surface area (Å²) in [6.07, 6.45) is 1.41. The van der Waals surface area contributed by atoms with Crippen LogP contribution in [-0.4, -0.2) is 52.5 Å². The Kier molecular flexibility index (Phi) is 3.69. The van der Waals surface area contributed by atoms with Gasteiger partial charge in [-0.25, -0.2) is 0 Å². The van der Waals surface area contributed by atoms with Crippen molar-refractivity contribution >= 4 is 17.5 Å². The van der Waals surface area contributed by atoms with Crippen molar-refractivity contribution in [3.05, 3.63) is 34.8 Å². The van der Waals surface area contributed by atoms with Crippen LogP contribution in [0.2, 0.25) is 5.22 Å². The van der Waals surface area contributed by atoms with Crippen molar-refractivity contribution in [1.29, 1.82) is 0 Å². The van der Waals surface area contributed by atoms with E-state index in [0.717, 1.165) is 0 Å². The monoisotopic (exact) mass is 310 g/mol. The highest BCUT2D eigenvalue weighted by Gasteiger charge is 2.33. The highest BCUT2D eigenvalue weighted by molar-refractivity contribution is 6.32. The van der Waals surface area contributed by atoms with Crippen LogP contribution in [0.4, 0.5) is 0 Å². The van der Waals surface area contributed by atoms with E-state index >= 15 is 0 Å². The number of furan rings is 1. The Morgan fingerprint density at radius 2 is 2.29 bits per heavy atom. The van der Waals surface area contributed by atoms with Crippen LogP contribution >= 0.6 is 11.6 Å². The fourth-order valence-electron chi connectivity index (χ4n) is 2.39. The van der Waals surface area contributed by atoms with E-state index in [-0.39, 0.29) is 17.2 Å². The Morgan fingerprint density at radius 1 is 1.48 bits per heavy atom. The minimum absolute atomic E-state index is 0.115. The molecule has 1 fully saturated rings. The van der Waals surface area contributed by atoms with Gasteiger partial charge in [-0.15, -0.1) is 0 Å². The van der Waals surface area contributed by atoms with Crippen LogP contribution in [0.5, 0.6) is 0 Å². The van der Waals surface area contributed by atoms with Crippen LogP contribution in [0.3, 0.4) is 0 Å². The van der Waals surface area contributed by atoms with Crippen molar-refractivity contribution in [3.8, 4) is 0 Å². The molecule has 21 heavy (non-hydrogen) atoms. The number of halogens is 1. The maximum Gasteiger partial charge on any atom is 0.258 e. The number of aromatic nitrogens is 2. The molecule has 1 atom stereocenters. The number of hydrogen-bond acceptors (Lipinski definition) is 6. The molecule has 1 aliphatic heterocycles. The Labute approximate surface area is 126 Å². The van der Waals surface area contributed by atoms with Gasteiger partial charge in [0.05, 0.1) is 11.8 Å². The second-order valence-electron chi connectivity index (χ2n) is 5.04. The van der Waals surface area contributed by atoms with Gasteiger partial charge in [-0.05, 0) is 31.6 Å². The van der Waals surface area contributed by atoms with Gasteiger partial charge in [0, 0.05) is 19.6 Å². The molecule has 0 aliphatic carbocycles. The predicted octanol–water partition coefficient (Wildman–Crippen LogP) is 1.75. The fourth-order valence-corrected chi connectivity index (χ4v) is 2.59. The summed E-state index contributed by atoms with van der Waals surface area (Å²) in [6.45, 7) is 3.57. The van der Waals surface area contributed by atoms with E-state index in [1.165, 1.54) is 6.26 Å². The zero-order valence-corrected chi connectivity index (χ0v) is 12.5. The van der Waals surface area contributed by atoms with Crippen LogP contribution in [-0.2, 0) is 0 Å². The van der Waals surface area contributed by atoms with E-state index in [2.05, 4.69) is 15.0 Å². The lowest BCUT2D eigenvalue weighted by Gasteiger charge is -2.37. The Balaban J connectivity index is 1.80. The number of likely N-dealkylation sites (N-methyl/N-ethyl adjacent to an activating group) is 1. The molecule has 1 saturated heterocycles. The summed E-state index contributed by atoms with van der Waals surface area (Å²) >= 11 is 5.87. The largest absolute Gasteiger partial charge is 0.452 e. The SMILES string of the molecule is Cc1noc([C@H]2CN(C(=O)c3ccoc3Cl)CCN2C)n1. The predicted molar refractivity (Wildman–Crippen MR) is 74.0 cm³/mol. The quantitative estimate of drug-likeness (QED) is 0.841. The van der Waals surface area contributed by atoms with Gasteiger partial charge in [0.15, 0.2) is 5.82 Å². The number of amides is 1. The van der Waals surface area contributed by atoms with Crippen LogP contribution in [0, 0.1) is 6.92 Å². The average Bonchev–Trinajstić information content (AvgIpc) is 3.07. The molecule has 7 nitrogen and oxygen atoms in total. The summed E-state index contributed by atoms with van der Waals surface area (Å²) < 4.78 is 10.2. The highest BCUT2D eigenvalue weighted by Crippen LogP contribution is 2.25. The van der Waals surface area contributed by atoms with Crippen LogP contribution in [0.15, 0.2) is 21.3 Å². The van der Waals surface area contributed by atoms with E-state index in [1.54, 1.807) is 17.9 Å². The number of piperazine rings is 1. The molecule has 1 aliphatic rings. The zero-order valence-electron chi connectivity index (χ0n) is 11.7. The molecule has 0 saturated carbocycles. The lowest BCUT2D eigenvalue weighted by Crippen LogP contribution is -2.49. The van der Waals surface area contributed by atoms with Crippen molar-refractivity contribution in [1.82, 2.24) is 19.9 Å². The van der Waals surface area contributed by atoms with Crippen molar-refractivity contribution in [2.24, 2.45) is 0 Å². The Morgan fingerprint density at radius 3 is 2.90 bits per heavy atom. The summed E-state index contributed by atoms with van der Waals surface area (Å²) in [5.41, 5.74) is 0.377. The molecule has 112 valence electrons. The molecule has 1 amide bonds. The van der Waals surface area contributed by atoms with Gasteiger partial charge >= 0.3 is 0 Å². The summed E-state index contributed by atoms with van der Waals surface area (Å²) in [5, 5.41) is 3.92. The molecule has 0 N–H and O–H groups in total. The smallest absolute Gasteiger partial charge is 0.258 e. The Bertz CT molecular complexity index is 653. The maximum atomic E-state index is 12.5. The summed E-state index contributed by atoms with van der Waals surface area (Å²) in [7, 11) is 1.97. The standard InChI is InChI=1S/C13H15ClN4O3/c1-8-15-12(21-16-8)10-7-18(5-4-17(10)2)13(19)9-3-6-20-11(9)14/h3,6,10H,4-5,7H2,1-2H3/t10-/m1/s1. The van der Waals surface area contributed by atoms with Gasteiger partial charge < -0.3 is 13.8 Å². The molecule has 0 radical (unpaired) electrons. The molecule has 0 spiro atoms. The van der Waals surface area contributed by atoms with Gasteiger partial charge in [0.2, 0.25) is 11.1 Å². The first kappa shape index (κ1) is 14.1. The Hall–Kier alpha value is -1.86. The average molecular weight is 311 g/mol. The molecular weight excluding hydrogens is 296 g/mol. The molecule has 0 unspecified atom stereocenters. The number of carbonyl (C=O) groups is 1. The van der Waals surface area contributed by atoms with Crippen molar-refractivity contribution in [2.45, 2.75) is 13.0 Å². The first-order valence-electron chi connectivity index (χ1n) is 6.59. The fraction of sp³-hybridized carbons (Fsp3) is 0.462. The topological polar surface area (TPSA) is 75.6 Å². The molecular formula is C13H15ClN4O3. The van der Waals surface area contributed by atoms with E-state index < -0.39 is 0 Å². The molecule has 0 bridgehead atoms. The third-order valence-corrected chi connectivity index (χ3v) is 3.90. The van der Waals surface area contributed by atoms with Crippen LogP contribution in [0.1, 0.15) is 28.1 Å². The van der Waals surface area contributed by atoms with Crippen molar-refractivity contribution in [2.75, 3.05) is 26.7 Å². The maximum absolute atomic E-state index is 12.5. The first-order valence-corrected chi connectivity index (χ1v) is 6.97. The third kappa shape index (κ3) is 2.66. The molecule has 8 heteroatoms. The van der Waals surface area contributed by atoms with Crippen LogP contribution in [0.25, 0.3) is 0 Å². The van der Waals surface area contributed by atoms with Gasteiger partial charge in [-0.1, -0.05) is 5.16 Å². The molecule has 3 heterocycles.